The molecule has 0 amide bonds. The van der Waals surface area contributed by atoms with Gasteiger partial charge in [-0.1, -0.05) is 6.07 Å². The lowest BCUT2D eigenvalue weighted by Crippen LogP contribution is -2.28. The van der Waals surface area contributed by atoms with Crippen LogP contribution in [0.1, 0.15) is 23.8 Å². The first-order valence-corrected chi connectivity index (χ1v) is 6.06. The molecule has 15 heavy (non-hydrogen) atoms. The van der Waals surface area contributed by atoms with Crippen molar-refractivity contribution in [3.63, 3.8) is 0 Å². The summed E-state index contributed by atoms with van der Waals surface area (Å²) in [6, 6.07) is 6.04. The zero-order valence-corrected chi connectivity index (χ0v) is 9.30. The summed E-state index contributed by atoms with van der Waals surface area (Å²) in [4.78, 5) is 1.08. The van der Waals surface area contributed by atoms with Gasteiger partial charge in [-0.05, 0) is 24.3 Å². The summed E-state index contributed by atoms with van der Waals surface area (Å²) in [5, 5.41) is 14.3. The van der Waals surface area contributed by atoms with Crippen LogP contribution in [-0.4, -0.2) is 19.3 Å². The number of hydrogen-bond donors (Lipinski definition) is 1. The molecule has 4 heteroatoms. The van der Waals surface area contributed by atoms with Gasteiger partial charge < -0.3 is 4.74 Å². The summed E-state index contributed by atoms with van der Waals surface area (Å²) in [6.45, 7) is 1.64. The van der Waals surface area contributed by atoms with E-state index in [1.165, 1.54) is 0 Å². The highest BCUT2D eigenvalue weighted by Crippen LogP contribution is 2.19. The van der Waals surface area contributed by atoms with Crippen LogP contribution in [0.25, 0.3) is 0 Å². The van der Waals surface area contributed by atoms with Crippen molar-refractivity contribution in [3.8, 4) is 6.07 Å². The van der Waals surface area contributed by atoms with E-state index in [0.29, 0.717) is 6.10 Å². The predicted octanol–water partition coefficient (Wildman–Crippen LogP) is 2.08. The minimum atomic E-state index is -0.186. The quantitative estimate of drug-likeness (QED) is 0.848. The van der Waals surface area contributed by atoms with Crippen LogP contribution in [0.5, 0.6) is 0 Å². The summed E-state index contributed by atoms with van der Waals surface area (Å²) in [5.74, 6) is 0. The zero-order chi connectivity index (χ0) is 10.5. The van der Waals surface area contributed by atoms with Gasteiger partial charge in [0, 0.05) is 18.0 Å². The zero-order valence-electron chi connectivity index (χ0n) is 8.48. The van der Waals surface area contributed by atoms with E-state index >= 15 is 0 Å². The molecule has 1 aromatic heterocycles. The Morgan fingerprint density at radius 2 is 2.67 bits per heavy atom. The van der Waals surface area contributed by atoms with Crippen molar-refractivity contribution in [1.82, 2.24) is 5.32 Å². The summed E-state index contributed by atoms with van der Waals surface area (Å²) in [7, 11) is 0. The van der Waals surface area contributed by atoms with E-state index in [9.17, 15) is 0 Å². The van der Waals surface area contributed by atoms with Crippen molar-refractivity contribution < 1.29 is 4.74 Å². The monoisotopic (exact) mass is 222 g/mol. The Balaban J connectivity index is 1.84. The van der Waals surface area contributed by atoms with E-state index in [1.807, 2.05) is 17.5 Å². The normalized spacial score (nSPS) is 22.5. The molecule has 2 rings (SSSR count). The Labute approximate surface area is 93.7 Å². The molecule has 80 valence electrons. The Hall–Kier alpha value is -0.890. The van der Waals surface area contributed by atoms with Gasteiger partial charge in [0.25, 0.3) is 0 Å². The van der Waals surface area contributed by atoms with Crippen LogP contribution in [0.4, 0.5) is 0 Å². The molecule has 0 aliphatic carbocycles. The third kappa shape index (κ3) is 2.78. The van der Waals surface area contributed by atoms with Crippen LogP contribution in [0.15, 0.2) is 17.5 Å². The van der Waals surface area contributed by atoms with Gasteiger partial charge in [-0.2, -0.15) is 5.26 Å². The lowest BCUT2D eigenvalue weighted by molar-refractivity contribution is 0.109. The third-order valence-corrected chi connectivity index (χ3v) is 3.47. The molecule has 2 heterocycles. The highest BCUT2D eigenvalue weighted by Gasteiger charge is 2.18. The van der Waals surface area contributed by atoms with E-state index in [1.54, 1.807) is 11.3 Å². The molecule has 0 spiro atoms. The Bertz CT molecular complexity index is 325. The molecule has 1 fully saturated rings. The van der Waals surface area contributed by atoms with Crippen LogP contribution in [0.3, 0.4) is 0 Å². The van der Waals surface area contributed by atoms with Gasteiger partial charge in [-0.15, -0.1) is 11.3 Å². The number of nitrogens with one attached hydrogen (secondary N) is 1. The number of hydrogen-bond acceptors (Lipinski definition) is 4. The molecule has 1 aliphatic heterocycles. The maximum Gasteiger partial charge on any atom is 0.130 e. The van der Waals surface area contributed by atoms with Crippen LogP contribution in [0, 0.1) is 11.3 Å². The predicted molar refractivity (Wildman–Crippen MR) is 59.6 cm³/mol. The molecule has 0 saturated carbocycles. The SMILES string of the molecule is N#CC(NCC1CCCO1)c1cccs1. The minimum absolute atomic E-state index is 0.186. The summed E-state index contributed by atoms with van der Waals surface area (Å²) >= 11 is 1.61. The molecule has 0 radical (unpaired) electrons. The van der Waals surface area contributed by atoms with Gasteiger partial charge in [0.1, 0.15) is 6.04 Å². The van der Waals surface area contributed by atoms with Gasteiger partial charge in [-0.3, -0.25) is 5.32 Å². The number of rotatable bonds is 4. The second-order valence-electron chi connectivity index (χ2n) is 3.62. The highest BCUT2D eigenvalue weighted by atomic mass is 32.1. The average molecular weight is 222 g/mol. The van der Waals surface area contributed by atoms with E-state index < -0.39 is 0 Å². The van der Waals surface area contributed by atoms with Gasteiger partial charge in [0.15, 0.2) is 0 Å². The standard InChI is InChI=1S/C11H14N2OS/c12-7-10(11-4-2-6-15-11)13-8-9-3-1-5-14-9/h2,4,6,9-10,13H,1,3,5,8H2. The highest BCUT2D eigenvalue weighted by molar-refractivity contribution is 7.10. The number of nitriles is 1. The van der Waals surface area contributed by atoms with E-state index in [0.717, 1.165) is 30.9 Å². The fourth-order valence-electron chi connectivity index (χ4n) is 1.72. The molecular formula is C11H14N2OS. The molecule has 1 aliphatic rings. The second-order valence-corrected chi connectivity index (χ2v) is 4.60. The summed E-state index contributed by atoms with van der Waals surface area (Å²) in [5.41, 5.74) is 0. The van der Waals surface area contributed by atoms with Crippen LogP contribution < -0.4 is 5.32 Å². The number of nitrogens with zero attached hydrogens (tertiary/aromatic N) is 1. The molecule has 0 bridgehead atoms. The van der Waals surface area contributed by atoms with Crippen molar-refractivity contribution in [2.24, 2.45) is 0 Å². The second kappa shape index (κ2) is 5.26. The molecule has 3 nitrogen and oxygen atoms in total. The minimum Gasteiger partial charge on any atom is -0.377 e. The average Bonchev–Trinajstić information content (AvgIpc) is 2.90. The molecule has 2 unspecified atom stereocenters. The van der Waals surface area contributed by atoms with Gasteiger partial charge in [0.05, 0.1) is 12.2 Å². The lowest BCUT2D eigenvalue weighted by Gasteiger charge is -2.13. The van der Waals surface area contributed by atoms with Gasteiger partial charge in [0.2, 0.25) is 0 Å². The molecular weight excluding hydrogens is 208 g/mol. The van der Waals surface area contributed by atoms with Crippen molar-refractivity contribution in [2.75, 3.05) is 13.2 Å². The maximum atomic E-state index is 9.03. The first-order chi connectivity index (χ1) is 7.40. The molecule has 2 atom stereocenters. The van der Waals surface area contributed by atoms with Crippen LogP contribution in [-0.2, 0) is 4.74 Å². The maximum absolute atomic E-state index is 9.03. The van der Waals surface area contributed by atoms with Gasteiger partial charge in [-0.25, -0.2) is 0 Å². The van der Waals surface area contributed by atoms with Crippen molar-refractivity contribution in [2.45, 2.75) is 25.0 Å². The van der Waals surface area contributed by atoms with E-state index in [-0.39, 0.29) is 6.04 Å². The van der Waals surface area contributed by atoms with Crippen molar-refractivity contribution in [3.05, 3.63) is 22.4 Å². The molecule has 1 saturated heterocycles. The number of ether oxygens (including phenoxy) is 1. The molecule has 1 N–H and O–H groups in total. The smallest absolute Gasteiger partial charge is 0.130 e. The number of thiophene rings is 1. The third-order valence-electron chi connectivity index (χ3n) is 2.53. The fraction of sp³-hybridized carbons (Fsp3) is 0.545. The Morgan fingerprint density at radius 3 is 3.27 bits per heavy atom. The lowest BCUT2D eigenvalue weighted by atomic mass is 10.2. The van der Waals surface area contributed by atoms with E-state index in [2.05, 4.69) is 11.4 Å². The van der Waals surface area contributed by atoms with Crippen LogP contribution >= 0.6 is 11.3 Å². The first kappa shape index (κ1) is 10.6. The topological polar surface area (TPSA) is 45.0 Å². The first-order valence-electron chi connectivity index (χ1n) is 5.18. The van der Waals surface area contributed by atoms with Gasteiger partial charge >= 0.3 is 0 Å². The Kier molecular flexibility index (Phi) is 3.73. The molecule has 1 aromatic rings. The Morgan fingerprint density at radius 1 is 1.73 bits per heavy atom. The summed E-state index contributed by atoms with van der Waals surface area (Å²) < 4.78 is 5.50. The molecule has 0 aromatic carbocycles. The van der Waals surface area contributed by atoms with Crippen molar-refractivity contribution >= 4 is 11.3 Å². The fourth-order valence-corrected chi connectivity index (χ4v) is 2.46. The largest absolute Gasteiger partial charge is 0.377 e. The van der Waals surface area contributed by atoms with E-state index in [4.69, 9.17) is 10.00 Å². The van der Waals surface area contributed by atoms with Crippen molar-refractivity contribution in [1.29, 1.82) is 5.26 Å². The van der Waals surface area contributed by atoms with Crippen LogP contribution in [0.2, 0.25) is 0 Å². The summed E-state index contributed by atoms with van der Waals surface area (Å²) in [6.07, 6.45) is 2.54.